The summed E-state index contributed by atoms with van der Waals surface area (Å²) < 4.78 is 0. The lowest BCUT2D eigenvalue weighted by Crippen LogP contribution is -2.28. The van der Waals surface area contributed by atoms with E-state index >= 15 is 0 Å². The smallest absolute Gasteiger partial charge is 0.0220 e. The maximum atomic E-state index is 2.51. The third-order valence-electron chi connectivity index (χ3n) is 7.75. The van der Waals surface area contributed by atoms with Gasteiger partial charge in [-0.3, -0.25) is 0 Å². The van der Waals surface area contributed by atoms with E-state index in [4.69, 9.17) is 0 Å². The lowest BCUT2D eigenvalue weighted by Gasteiger charge is -2.41. The third-order valence-corrected chi connectivity index (χ3v) is 10.9. The highest BCUT2D eigenvalue weighted by molar-refractivity contribution is 7.66. The molecule has 2 aliphatic carbocycles. The highest BCUT2D eigenvalue weighted by Crippen LogP contribution is 2.67. The normalized spacial score (nSPS) is 29.7. The van der Waals surface area contributed by atoms with Crippen molar-refractivity contribution >= 4 is 13.2 Å². The highest BCUT2D eigenvalue weighted by atomic mass is 31.1. The highest BCUT2D eigenvalue weighted by Gasteiger charge is 2.50. The Morgan fingerprint density at radius 3 is 1.75 bits per heavy atom. The predicted octanol–water partition coefficient (Wildman–Crippen LogP) is 6.81. The fraction of sp³-hybridized carbons (Fsp3) is 0.333. The Bertz CT molecular complexity index is 997. The van der Waals surface area contributed by atoms with Crippen molar-refractivity contribution in [1.82, 2.24) is 0 Å². The molecular formula is C27H27P. The van der Waals surface area contributed by atoms with Crippen LogP contribution in [0.3, 0.4) is 0 Å². The van der Waals surface area contributed by atoms with Crippen LogP contribution in [0.2, 0.25) is 0 Å². The molecular weight excluding hydrogens is 355 g/mol. The van der Waals surface area contributed by atoms with Gasteiger partial charge in [-0.2, -0.15) is 0 Å². The molecule has 0 bridgehead atoms. The first-order valence-corrected chi connectivity index (χ1v) is 12.3. The van der Waals surface area contributed by atoms with Gasteiger partial charge in [0.1, 0.15) is 0 Å². The molecule has 0 nitrogen and oxygen atoms in total. The van der Waals surface area contributed by atoms with E-state index in [0.29, 0.717) is 16.7 Å². The molecule has 0 N–H and O–H groups in total. The largest absolute Gasteiger partial charge is 0.0622 e. The van der Waals surface area contributed by atoms with Crippen LogP contribution in [-0.4, -0.2) is 0 Å². The Morgan fingerprint density at radius 2 is 1.21 bits per heavy atom. The number of benzene rings is 3. The molecule has 2 atom stereocenters. The molecule has 1 spiro atoms. The Balaban J connectivity index is 1.70. The van der Waals surface area contributed by atoms with Crippen LogP contribution in [0.5, 0.6) is 0 Å². The lowest BCUT2D eigenvalue weighted by atomic mass is 9.72. The predicted molar refractivity (Wildman–Crippen MR) is 120 cm³/mol. The first kappa shape index (κ1) is 17.0. The average Bonchev–Trinajstić information content (AvgIpc) is 3.30. The Hall–Kier alpha value is -1.91. The van der Waals surface area contributed by atoms with Gasteiger partial charge in [0.05, 0.1) is 0 Å². The first-order valence-electron chi connectivity index (χ1n) is 10.8. The zero-order valence-electron chi connectivity index (χ0n) is 16.8. The van der Waals surface area contributed by atoms with E-state index in [1.807, 2.05) is 0 Å². The van der Waals surface area contributed by atoms with E-state index in [2.05, 4.69) is 80.6 Å². The van der Waals surface area contributed by atoms with Gasteiger partial charge in [0.2, 0.25) is 0 Å². The van der Waals surface area contributed by atoms with E-state index in [1.54, 1.807) is 38.7 Å². The van der Waals surface area contributed by atoms with E-state index in [9.17, 15) is 0 Å². The SMILES string of the molecule is CC1c2cccc3c2C2(CC3)CCc3cccc(c32)C(C)P1c1ccccc1. The maximum absolute atomic E-state index is 2.51. The van der Waals surface area contributed by atoms with Crippen LogP contribution in [0.25, 0.3) is 0 Å². The number of rotatable bonds is 1. The van der Waals surface area contributed by atoms with E-state index < -0.39 is 0 Å². The summed E-state index contributed by atoms with van der Waals surface area (Å²) in [7, 11) is -0.317. The minimum Gasteiger partial charge on any atom is -0.0622 e. The molecule has 1 heteroatoms. The molecule has 2 unspecified atom stereocenters. The molecule has 1 aliphatic heterocycles. The molecule has 0 saturated heterocycles. The molecule has 1 heterocycles. The van der Waals surface area contributed by atoms with Crippen LogP contribution in [-0.2, 0) is 18.3 Å². The monoisotopic (exact) mass is 382 g/mol. The van der Waals surface area contributed by atoms with Gasteiger partial charge in [-0.15, -0.1) is 0 Å². The first-order chi connectivity index (χ1) is 13.7. The van der Waals surface area contributed by atoms with E-state index in [-0.39, 0.29) is 7.92 Å². The molecule has 3 aromatic rings. The number of aryl methyl sites for hydroxylation is 2. The topological polar surface area (TPSA) is 0 Å². The van der Waals surface area contributed by atoms with Crippen molar-refractivity contribution in [3.05, 3.63) is 100 Å². The van der Waals surface area contributed by atoms with Gasteiger partial charge < -0.3 is 0 Å². The molecule has 3 aromatic carbocycles. The number of hydrogen-bond donors (Lipinski definition) is 0. The van der Waals surface area contributed by atoms with Crippen LogP contribution < -0.4 is 5.30 Å². The third kappa shape index (κ3) is 2.11. The van der Waals surface area contributed by atoms with Gasteiger partial charge in [0, 0.05) is 16.7 Å². The maximum Gasteiger partial charge on any atom is 0.0220 e. The van der Waals surface area contributed by atoms with Gasteiger partial charge in [0.15, 0.2) is 0 Å². The Kier molecular flexibility index (Phi) is 3.67. The van der Waals surface area contributed by atoms with Gasteiger partial charge in [-0.25, -0.2) is 0 Å². The van der Waals surface area contributed by atoms with Crippen LogP contribution >= 0.6 is 7.92 Å². The van der Waals surface area contributed by atoms with Crippen molar-refractivity contribution in [3.8, 4) is 0 Å². The second-order valence-electron chi connectivity index (χ2n) is 8.94. The summed E-state index contributed by atoms with van der Waals surface area (Å²) in [5, 5.41) is 1.55. The molecule has 3 aliphatic rings. The minimum absolute atomic E-state index is 0.290. The fourth-order valence-electron chi connectivity index (χ4n) is 6.65. The molecule has 28 heavy (non-hydrogen) atoms. The van der Waals surface area contributed by atoms with Gasteiger partial charge in [-0.1, -0.05) is 88.5 Å². The van der Waals surface area contributed by atoms with Gasteiger partial charge >= 0.3 is 0 Å². The zero-order chi connectivity index (χ0) is 18.9. The lowest BCUT2D eigenvalue weighted by molar-refractivity contribution is 0.498. The van der Waals surface area contributed by atoms with E-state index in [1.165, 1.54) is 25.7 Å². The molecule has 140 valence electrons. The second-order valence-corrected chi connectivity index (χ2v) is 11.8. The molecule has 0 radical (unpaired) electrons. The van der Waals surface area contributed by atoms with Crippen LogP contribution in [0.1, 0.15) is 71.4 Å². The summed E-state index contributed by atoms with van der Waals surface area (Å²) in [5.74, 6) is 0. The van der Waals surface area contributed by atoms with Crippen molar-refractivity contribution in [1.29, 1.82) is 0 Å². The van der Waals surface area contributed by atoms with Crippen molar-refractivity contribution < 1.29 is 0 Å². The van der Waals surface area contributed by atoms with Crippen molar-refractivity contribution in [2.75, 3.05) is 0 Å². The van der Waals surface area contributed by atoms with Crippen molar-refractivity contribution in [3.63, 3.8) is 0 Å². The van der Waals surface area contributed by atoms with E-state index in [0.717, 1.165) is 0 Å². The summed E-state index contributed by atoms with van der Waals surface area (Å²) in [5.41, 5.74) is 11.5. The molecule has 0 saturated carbocycles. The summed E-state index contributed by atoms with van der Waals surface area (Å²) in [6.45, 7) is 5.03. The average molecular weight is 382 g/mol. The second kappa shape index (κ2) is 6.04. The van der Waals surface area contributed by atoms with Crippen LogP contribution in [0.15, 0.2) is 66.7 Å². The quantitative estimate of drug-likeness (QED) is 0.406. The molecule has 0 fully saturated rings. The Morgan fingerprint density at radius 1 is 0.679 bits per heavy atom. The summed E-state index contributed by atoms with van der Waals surface area (Å²) in [4.78, 5) is 0. The minimum atomic E-state index is -0.317. The van der Waals surface area contributed by atoms with Crippen molar-refractivity contribution in [2.45, 2.75) is 56.3 Å². The zero-order valence-corrected chi connectivity index (χ0v) is 17.7. The molecule has 0 aromatic heterocycles. The van der Waals surface area contributed by atoms with Gasteiger partial charge in [0.25, 0.3) is 0 Å². The van der Waals surface area contributed by atoms with Gasteiger partial charge in [-0.05, 0) is 64.4 Å². The number of hydrogen-bond acceptors (Lipinski definition) is 0. The van der Waals surface area contributed by atoms with Crippen molar-refractivity contribution in [2.24, 2.45) is 0 Å². The summed E-state index contributed by atoms with van der Waals surface area (Å²) in [6.07, 6.45) is 5.13. The van der Waals surface area contributed by atoms with Crippen LogP contribution in [0.4, 0.5) is 0 Å². The standard InChI is InChI=1S/C27H27P/c1-18-23-12-6-8-20-14-16-27(25(20)23)17-15-21-9-7-13-24(26(21)27)19(2)28(18)22-10-4-3-5-11-22/h3-13,18-19H,14-17H2,1-2H3. The summed E-state index contributed by atoms with van der Waals surface area (Å²) in [6, 6.07) is 25.8. The molecule has 0 amide bonds. The fourth-order valence-corrected chi connectivity index (χ4v) is 9.76. The van der Waals surface area contributed by atoms with Crippen LogP contribution in [0, 0.1) is 0 Å². The molecule has 6 rings (SSSR count). The Labute approximate surface area is 169 Å². The summed E-state index contributed by atoms with van der Waals surface area (Å²) >= 11 is 0.